The highest BCUT2D eigenvalue weighted by molar-refractivity contribution is 7.80. The van der Waals surface area contributed by atoms with Crippen molar-refractivity contribution in [3.63, 3.8) is 0 Å². The summed E-state index contributed by atoms with van der Waals surface area (Å²) in [5.74, 6) is 1.34. The normalized spacial score (nSPS) is 16.1. The maximum Gasteiger partial charge on any atom is 0.161 e. The van der Waals surface area contributed by atoms with Crippen LogP contribution < -0.4 is 14.8 Å². The molecular weight excluding hydrogens is 382 g/mol. The van der Waals surface area contributed by atoms with Crippen molar-refractivity contribution in [3.8, 4) is 11.5 Å². The van der Waals surface area contributed by atoms with E-state index in [9.17, 15) is 0 Å². The monoisotopic (exact) mass is 405 g/mol. The Kier molecular flexibility index (Phi) is 7.33. The highest BCUT2D eigenvalue weighted by atomic mass is 35.5. The summed E-state index contributed by atoms with van der Waals surface area (Å²) in [4.78, 5) is 0.684. The van der Waals surface area contributed by atoms with Crippen molar-refractivity contribution in [1.82, 2.24) is 5.32 Å². The lowest BCUT2D eigenvalue weighted by Gasteiger charge is -2.16. The fraction of sp³-hybridized carbons (Fsp3) is 0.381. The molecule has 1 saturated heterocycles. The summed E-state index contributed by atoms with van der Waals surface area (Å²) >= 11 is 11.7. The van der Waals surface area contributed by atoms with Gasteiger partial charge in [0.15, 0.2) is 11.5 Å². The maximum absolute atomic E-state index is 6.20. The summed E-state index contributed by atoms with van der Waals surface area (Å²) in [6, 6.07) is 13.4. The van der Waals surface area contributed by atoms with Gasteiger partial charge in [0.2, 0.25) is 0 Å². The predicted octanol–water partition coefficient (Wildman–Crippen LogP) is 4.76. The van der Waals surface area contributed by atoms with Crippen LogP contribution in [0.3, 0.4) is 0 Å². The van der Waals surface area contributed by atoms with Crippen molar-refractivity contribution in [3.05, 3.63) is 58.6 Å². The molecule has 1 aliphatic heterocycles. The van der Waals surface area contributed by atoms with Crippen LogP contribution in [0.25, 0.3) is 0 Å². The predicted molar refractivity (Wildman–Crippen MR) is 112 cm³/mol. The van der Waals surface area contributed by atoms with Crippen molar-refractivity contribution in [2.45, 2.75) is 32.5 Å². The van der Waals surface area contributed by atoms with Crippen LogP contribution in [0, 0.1) is 0 Å². The lowest BCUT2D eigenvalue weighted by molar-refractivity contribution is 0.114. The van der Waals surface area contributed by atoms with E-state index in [1.807, 2.05) is 49.4 Å². The average molecular weight is 406 g/mol. The van der Waals surface area contributed by atoms with Crippen LogP contribution in [0.1, 0.15) is 30.9 Å². The van der Waals surface area contributed by atoms with Crippen molar-refractivity contribution in [2.75, 3.05) is 19.8 Å². The molecule has 27 heavy (non-hydrogen) atoms. The second kappa shape index (κ2) is 9.93. The van der Waals surface area contributed by atoms with Crippen LogP contribution in [0.15, 0.2) is 42.5 Å². The van der Waals surface area contributed by atoms with E-state index in [-0.39, 0.29) is 6.10 Å². The summed E-state index contributed by atoms with van der Waals surface area (Å²) in [7, 11) is 0. The zero-order chi connectivity index (χ0) is 19.1. The Balaban J connectivity index is 1.66. The third-order valence-electron chi connectivity index (χ3n) is 4.36. The molecule has 0 spiro atoms. The summed E-state index contributed by atoms with van der Waals surface area (Å²) in [5, 5.41) is 3.97. The molecule has 0 aliphatic carbocycles. The van der Waals surface area contributed by atoms with Crippen LogP contribution in [0.5, 0.6) is 11.5 Å². The van der Waals surface area contributed by atoms with Gasteiger partial charge in [-0.3, -0.25) is 0 Å². The Hall–Kier alpha value is -1.82. The lowest BCUT2D eigenvalue weighted by atomic mass is 10.2. The summed E-state index contributed by atoms with van der Waals surface area (Å²) in [6.07, 6.45) is 2.44. The first-order chi connectivity index (χ1) is 13.2. The van der Waals surface area contributed by atoms with E-state index in [0.717, 1.165) is 37.1 Å². The van der Waals surface area contributed by atoms with Gasteiger partial charge in [-0.25, -0.2) is 0 Å². The summed E-state index contributed by atoms with van der Waals surface area (Å²) in [5.41, 5.74) is 1.83. The first kappa shape index (κ1) is 19.9. The van der Waals surface area contributed by atoms with E-state index in [1.54, 1.807) is 0 Å². The second-order valence-electron chi connectivity index (χ2n) is 6.32. The molecule has 1 heterocycles. The quantitative estimate of drug-likeness (QED) is 0.641. The first-order valence-corrected chi connectivity index (χ1v) is 9.99. The van der Waals surface area contributed by atoms with Crippen molar-refractivity contribution >= 4 is 28.8 Å². The number of hydrogen-bond acceptors (Lipinski definition) is 4. The molecule has 2 aromatic carbocycles. The van der Waals surface area contributed by atoms with Gasteiger partial charge in [0.25, 0.3) is 0 Å². The molecule has 1 aliphatic rings. The minimum Gasteiger partial charge on any atom is -0.490 e. The average Bonchev–Trinajstić information content (AvgIpc) is 3.20. The Morgan fingerprint density at radius 2 is 2.07 bits per heavy atom. The summed E-state index contributed by atoms with van der Waals surface area (Å²) < 4.78 is 17.3. The van der Waals surface area contributed by atoms with E-state index in [1.165, 1.54) is 0 Å². The van der Waals surface area contributed by atoms with Crippen LogP contribution >= 0.6 is 23.8 Å². The standard InChI is InChI=1S/C21H24ClNO3S/c1-2-24-20-12-15(21(27)23-13-17-7-5-11-25-17)9-10-19(20)26-14-16-6-3-4-8-18(16)22/h3-4,6,8-10,12,17H,2,5,7,11,13-14H2,1H3,(H,23,27)/t17-/m0/s1. The molecule has 144 valence electrons. The van der Waals surface area contributed by atoms with E-state index in [2.05, 4.69) is 5.32 Å². The van der Waals surface area contributed by atoms with Gasteiger partial charge in [0, 0.05) is 29.3 Å². The maximum atomic E-state index is 6.20. The molecule has 0 bridgehead atoms. The second-order valence-corrected chi connectivity index (χ2v) is 7.14. The molecule has 0 unspecified atom stereocenters. The molecule has 2 aromatic rings. The number of rotatable bonds is 8. The largest absolute Gasteiger partial charge is 0.490 e. The third-order valence-corrected chi connectivity index (χ3v) is 5.11. The molecule has 1 atom stereocenters. The zero-order valence-corrected chi connectivity index (χ0v) is 16.9. The molecule has 0 saturated carbocycles. The molecular formula is C21H24ClNO3S. The highest BCUT2D eigenvalue weighted by Gasteiger charge is 2.16. The van der Waals surface area contributed by atoms with Gasteiger partial charge >= 0.3 is 0 Å². The SMILES string of the molecule is CCOc1cc(C(=S)NC[C@@H]2CCCO2)ccc1OCc1ccccc1Cl. The number of hydrogen-bond donors (Lipinski definition) is 1. The molecule has 1 N–H and O–H groups in total. The van der Waals surface area contributed by atoms with Gasteiger partial charge in [-0.05, 0) is 44.0 Å². The number of ether oxygens (including phenoxy) is 3. The van der Waals surface area contributed by atoms with Gasteiger partial charge in [0.1, 0.15) is 11.6 Å². The van der Waals surface area contributed by atoms with E-state index < -0.39 is 0 Å². The van der Waals surface area contributed by atoms with Crippen LogP contribution in [0.2, 0.25) is 5.02 Å². The molecule has 6 heteroatoms. The third kappa shape index (κ3) is 5.58. The van der Waals surface area contributed by atoms with Crippen molar-refractivity contribution in [2.24, 2.45) is 0 Å². The minimum atomic E-state index is 0.243. The number of halogens is 1. The van der Waals surface area contributed by atoms with Crippen molar-refractivity contribution < 1.29 is 14.2 Å². The van der Waals surface area contributed by atoms with Crippen LogP contribution in [0.4, 0.5) is 0 Å². The minimum absolute atomic E-state index is 0.243. The zero-order valence-electron chi connectivity index (χ0n) is 15.4. The van der Waals surface area contributed by atoms with Gasteiger partial charge in [0.05, 0.1) is 12.7 Å². The fourth-order valence-electron chi connectivity index (χ4n) is 2.92. The van der Waals surface area contributed by atoms with Gasteiger partial charge in [-0.15, -0.1) is 0 Å². The molecule has 3 rings (SSSR count). The molecule has 0 aromatic heterocycles. The molecule has 1 fully saturated rings. The number of nitrogens with one attached hydrogen (secondary N) is 1. The van der Waals surface area contributed by atoms with Gasteiger partial charge in [-0.1, -0.05) is 42.0 Å². The molecule has 0 radical (unpaired) electrons. The van der Waals surface area contributed by atoms with Crippen LogP contribution in [-0.4, -0.2) is 30.9 Å². The molecule has 0 amide bonds. The van der Waals surface area contributed by atoms with E-state index >= 15 is 0 Å². The Morgan fingerprint density at radius 3 is 2.81 bits per heavy atom. The topological polar surface area (TPSA) is 39.7 Å². The van der Waals surface area contributed by atoms with Crippen molar-refractivity contribution in [1.29, 1.82) is 0 Å². The smallest absolute Gasteiger partial charge is 0.161 e. The van der Waals surface area contributed by atoms with Gasteiger partial charge < -0.3 is 19.5 Å². The fourth-order valence-corrected chi connectivity index (χ4v) is 3.32. The Labute approximate surface area is 170 Å². The van der Waals surface area contributed by atoms with E-state index in [4.69, 9.17) is 38.0 Å². The molecule has 4 nitrogen and oxygen atoms in total. The van der Waals surface area contributed by atoms with Crippen LogP contribution in [-0.2, 0) is 11.3 Å². The van der Waals surface area contributed by atoms with E-state index in [0.29, 0.717) is 34.7 Å². The number of thiocarbonyl (C=S) groups is 1. The van der Waals surface area contributed by atoms with Gasteiger partial charge in [-0.2, -0.15) is 0 Å². The Bertz CT molecular complexity index is 778. The Morgan fingerprint density at radius 1 is 1.22 bits per heavy atom. The lowest BCUT2D eigenvalue weighted by Crippen LogP contribution is -2.31. The summed E-state index contributed by atoms with van der Waals surface area (Å²) in [6.45, 7) is 4.43. The first-order valence-electron chi connectivity index (χ1n) is 9.20. The highest BCUT2D eigenvalue weighted by Crippen LogP contribution is 2.30. The number of benzene rings is 2.